The van der Waals surface area contributed by atoms with Crippen LogP contribution in [-0.2, 0) is 11.3 Å². The molecule has 6 nitrogen and oxygen atoms in total. The van der Waals surface area contributed by atoms with Gasteiger partial charge in [-0.3, -0.25) is 0 Å². The van der Waals surface area contributed by atoms with Crippen molar-refractivity contribution >= 4 is 12.0 Å². The fourth-order valence-electron chi connectivity index (χ4n) is 1.55. The third-order valence-electron chi connectivity index (χ3n) is 2.57. The second-order valence-electron chi connectivity index (χ2n) is 4.17. The van der Waals surface area contributed by atoms with E-state index in [9.17, 15) is 9.59 Å². The lowest BCUT2D eigenvalue weighted by Crippen LogP contribution is -2.45. The average Bonchev–Trinajstić information content (AvgIpc) is 2.37. The van der Waals surface area contributed by atoms with E-state index >= 15 is 0 Å². The molecule has 1 atom stereocenters. The molecule has 0 saturated carbocycles. The molecule has 0 aliphatic rings. The molecule has 0 fully saturated rings. The Labute approximate surface area is 111 Å². The highest BCUT2D eigenvalue weighted by molar-refractivity contribution is 5.82. The van der Waals surface area contributed by atoms with Crippen molar-refractivity contribution in [3.63, 3.8) is 0 Å². The van der Waals surface area contributed by atoms with Crippen molar-refractivity contribution < 1.29 is 19.8 Å². The molecule has 1 unspecified atom stereocenters. The van der Waals surface area contributed by atoms with Crippen LogP contribution in [0.4, 0.5) is 4.79 Å². The second kappa shape index (κ2) is 7.25. The van der Waals surface area contributed by atoms with Gasteiger partial charge in [0.2, 0.25) is 0 Å². The molecule has 104 valence electrons. The molecule has 0 saturated heterocycles. The molecule has 0 bridgehead atoms. The van der Waals surface area contributed by atoms with Crippen LogP contribution in [0.5, 0.6) is 5.75 Å². The Balaban J connectivity index is 2.42. The van der Waals surface area contributed by atoms with E-state index in [4.69, 9.17) is 10.2 Å². The van der Waals surface area contributed by atoms with Crippen molar-refractivity contribution in [1.29, 1.82) is 0 Å². The summed E-state index contributed by atoms with van der Waals surface area (Å²) >= 11 is 0. The normalized spacial score (nSPS) is 11.6. The standard InChI is InChI=1S/C13H18N2O4/c1-2-3-11(12(17)18)15-13(19)14-8-9-4-6-10(16)7-5-9/h4-7,11,16H,2-3,8H2,1H3,(H,17,18)(H2,14,15,19). The number of hydrogen-bond donors (Lipinski definition) is 4. The number of aliphatic carboxylic acids is 1. The SMILES string of the molecule is CCCC(NC(=O)NCc1ccc(O)cc1)C(=O)O. The molecule has 0 radical (unpaired) electrons. The molecule has 1 aromatic rings. The number of hydrogen-bond acceptors (Lipinski definition) is 3. The predicted molar refractivity (Wildman–Crippen MR) is 69.8 cm³/mol. The van der Waals surface area contributed by atoms with E-state index in [0.717, 1.165) is 5.56 Å². The van der Waals surface area contributed by atoms with Gasteiger partial charge in [0.1, 0.15) is 11.8 Å². The minimum absolute atomic E-state index is 0.155. The first-order valence-electron chi connectivity index (χ1n) is 6.08. The number of rotatable bonds is 6. The summed E-state index contributed by atoms with van der Waals surface area (Å²) in [5, 5.41) is 23.0. The van der Waals surface area contributed by atoms with Gasteiger partial charge < -0.3 is 20.8 Å². The van der Waals surface area contributed by atoms with E-state index in [1.54, 1.807) is 12.1 Å². The number of phenols is 1. The minimum Gasteiger partial charge on any atom is -0.508 e. The van der Waals surface area contributed by atoms with Crippen molar-refractivity contribution in [2.75, 3.05) is 0 Å². The highest BCUT2D eigenvalue weighted by atomic mass is 16.4. The van der Waals surface area contributed by atoms with E-state index in [2.05, 4.69) is 10.6 Å². The first-order valence-corrected chi connectivity index (χ1v) is 6.08. The van der Waals surface area contributed by atoms with E-state index in [-0.39, 0.29) is 12.3 Å². The Morgan fingerprint density at radius 2 is 1.89 bits per heavy atom. The van der Waals surface area contributed by atoms with Crippen LogP contribution in [0, 0.1) is 0 Å². The Morgan fingerprint density at radius 1 is 1.26 bits per heavy atom. The van der Waals surface area contributed by atoms with Crippen LogP contribution in [0.1, 0.15) is 25.3 Å². The molecule has 0 spiro atoms. The Morgan fingerprint density at radius 3 is 2.42 bits per heavy atom. The number of carbonyl (C=O) groups is 2. The third-order valence-corrected chi connectivity index (χ3v) is 2.57. The molecule has 6 heteroatoms. The maximum Gasteiger partial charge on any atom is 0.326 e. The molecule has 2 amide bonds. The van der Waals surface area contributed by atoms with Crippen LogP contribution in [0.2, 0.25) is 0 Å². The number of nitrogens with one attached hydrogen (secondary N) is 2. The summed E-state index contributed by atoms with van der Waals surface area (Å²) in [7, 11) is 0. The maximum absolute atomic E-state index is 11.5. The lowest BCUT2D eigenvalue weighted by atomic mass is 10.2. The van der Waals surface area contributed by atoms with Gasteiger partial charge in [0.25, 0.3) is 0 Å². The largest absolute Gasteiger partial charge is 0.508 e. The average molecular weight is 266 g/mol. The molecule has 0 heterocycles. The fraction of sp³-hybridized carbons (Fsp3) is 0.385. The van der Waals surface area contributed by atoms with Gasteiger partial charge in [0, 0.05) is 6.54 Å². The van der Waals surface area contributed by atoms with Gasteiger partial charge in [-0.25, -0.2) is 9.59 Å². The van der Waals surface area contributed by atoms with Gasteiger partial charge in [-0.1, -0.05) is 25.5 Å². The summed E-state index contributed by atoms with van der Waals surface area (Å²) in [6, 6.07) is 5.00. The Bertz CT molecular complexity index is 431. The number of aromatic hydroxyl groups is 1. The van der Waals surface area contributed by atoms with Crippen LogP contribution in [0.3, 0.4) is 0 Å². The van der Waals surface area contributed by atoms with Crippen molar-refractivity contribution in [3.8, 4) is 5.75 Å². The first-order chi connectivity index (χ1) is 9.02. The van der Waals surface area contributed by atoms with Crippen LogP contribution in [-0.4, -0.2) is 28.3 Å². The lowest BCUT2D eigenvalue weighted by Gasteiger charge is -2.14. The molecular weight excluding hydrogens is 248 g/mol. The zero-order valence-corrected chi connectivity index (χ0v) is 10.7. The van der Waals surface area contributed by atoms with Gasteiger partial charge >= 0.3 is 12.0 Å². The number of carboxylic acids is 1. The Hall–Kier alpha value is -2.24. The predicted octanol–water partition coefficient (Wildman–Crippen LogP) is 1.44. The zero-order chi connectivity index (χ0) is 14.3. The molecule has 0 aliphatic heterocycles. The zero-order valence-electron chi connectivity index (χ0n) is 10.7. The van der Waals surface area contributed by atoms with E-state index in [1.165, 1.54) is 12.1 Å². The van der Waals surface area contributed by atoms with Crippen molar-refractivity contribution in [3.05, 3.63) is 29.8 Å². The topological polar surface area (TPSA) is 98.7 Å². The summed E-state index contributed by atoms with van der Waals surface area (Å²) < 4.78 is 0. The first kappa shape index (κ1) is 14.8. The summed E-state index contributed by atoms with van der Waals surface area (Å²) in [5.41, 5.74) is 0.815. The number of phenolic OH excluding ortho intramolecular Hbond substituents is 1. The monoisotopic (exact) mass is 266 g/mol. The number of carbonyl (C=O) groups excluding carboxylic acids is 1. The van der Waals surface area contributed by atoms with Crippen molar-refractivity contribution in [2.24, 2.45) is 0 Å². The minimum atomic E-state index is -1.04. The maximum atomic E-state index is 11.5. The second-order valence-corrected chi connectivity index (χ2v) is 4.17. The van der Waals surface area contributed by atoms with Crippen LogP contribution < -0.4 is 10.6 Å². The van der Waals surface area contributed by atoms with Gasteiger partial charge in [-0.2, -0.15) is 0 Å². The van der Waals surface area contributed by atoms with Gasteiger partial charge in [-0.05, 0) is 24.1 Å². The molecule has 0 aliphatic carbocycles. The van der Waals surface area contributed by atoms with Crippen molar-refractivity contribution in [1.82, 2.24) is 10.6 Å². The molecule has 1 rings (SSSR count). The van der Waals surface area contributed by atoms with Crippen molar-refractivity contribution in [2.45, 2.75) is 32.4 Å². The van der Waals surface area contributed by atoms with E-state index < -0.39 is 18.0 Å². The third kappa shape index (κ3) is 5.29. The van der Waals surface area contributed by atoms with E-state index in [1.807, 2.05) is 6.92 Å². The van der Waals surface area contributed by atoms with E-state index in [0.29, 0.717) is 12.8 Å². The van der Waals surface area contributed by atoms with Crippen LogP contribution in [0.15, 0.2) is 24.3 Å². The smallest absolute Gasteiger partial charge is 0.326 e. The molecule has 4 N–H and O–H groups in total. The molecule has 19 heavy (non-hydrogen) atoms. The highest BCUT2D eigenvalue weighted by Crippen LogP contribution is 2.09. The van der Waals surface area contributed by atoms with Gasteiger partial charge in [-0.15, -0.1) is 0 Å². The molecule has 1 aromatic carbocycles. The summed E-state index contributed by atoms with van der Waals surface area (Å²) in [5.74, 6) is -0.885. The number of urea groups is 1. The number of benzene rings is 1. The molecular formula is C13H18N2O4. The summed E-state index contributed by atoms with van der Waals surface area (Å²) in [6.45, 7) is 2.12. The summed E-state index contributed by atoms with van der Waals surface area (Å²) in [4.78, 5) is 22.4. The highest BCUT2D eigenvalue weighted by Gasteiger charge is 2.18. The van der Waals surface area contributed by atoms with Crippen LogP contribution >= 0.6 is 0 Å². The number of amides is 2. The summed E-state index contributed by atoms with van der Waals surface area (Å²) in [6.07, 6.45) is 1.07. The van der Waals surface area contributed by atoms with Gasteiger partial charge in [0.05, 0.1) is 0 Å². The van der Waals surface area contributed by atoms with Gasteiger partial charge in [0.15, 0.2) is 0 Å². The quantitative estimate of drug-likeness (QED) is 0.626. The van der Waals surface area contributed by atoms with Crippen LogP contribution in [0.25, 0.3) is 0 Å². The molecule has 0 aromatic heterocycles. The lowest BCUT2D eigenvalue weighted by molar-refractivity contribution is -0.139. The fourth-order valence-corrected chi connectivity index (χ4v) is 1.55. The Kier molecular flexibility index (Phi) is 5.66. The number of carboxylic acid groups (broad SMARTS) is 1.